The van der Waals surface area contributed by atoms with Gasteiger partial charge in [0.05, 0.1) is 12.0 Å². The van der Waals surface area contributed by atoms with Crippen molar-refractivity contribution in [3.05, 3.63) is 11.0 Å². The van der Waals surface area contributed by atoms with Crippen molar-refractivity contribution in [2.75, 3.05) is 20.2 Å². The van der Waals surface area contributed by atoms with Gasteiger partial charge in [-0.3, -0.25) is 14.6 Å². The number of ether oxygens (including phenoxy) is 1. The number of nitrogens with zero attached hydrogens (tertiary/aromatic N) is 1. The number of carbonyl (C=O) groups is 3. The first-order chi connectivity index (χ1) is 8.56. The third-order valence-electron chi connectivity index (χ3n) is 1.84. The smallest absolute Gasteiger partial charge is 0.331 e. The molecular formula is C10H13N3O4S. The number of likely N-dealkylation sites (N-methyl/N-ethyl adjacent to an activating group) is 1. The van der Waals surface area contributed by atoms with E-state index >= 15 is 0 Å². The van der Waals surface area contributed by atoms with Crippen molar-refractivity contribution >= 4 is 34.7 Å². The number of nitrogens with one attached hydrogen (secondary N) is 2. The molecule has 2 amide bonds. The molecule has 0 aliphatic carbocycles. The number of methoxy groups -OCH3 is 1. The summed E-state index contributed by atoms with van der Waals surface area (Å²) in [5, 5.41) is 5.32. The van der Waals surface area contributed by atoms with E-state index in [-0.39, 0.29) is 17.4 Å². The minimum Gasteiger partial charge on any atom is -0.466 e. The van der Waals surface area contributed by atoms with Crippen LogP contribution in [0.25, 0.3) is 0 Å². The summed E-state index contributed by atoms with van der Waals surface area (Å²) >= 11 is 0.992. The van der Waals surface area contributed by atoms with E-state index < -0.39 is 11.9 Å². The van der Waals surface area contributed by atoms with Crippen molar-refractivity contribution in [1.82, 2.24) is 10.6 Å². The summed E-state index contributed by atoms with van der Waals surface area (Å²) in [5.74, 6) is -1.28. The predicted octanol–water partition coefficient (Wildman–Crippen LogP) is -0.602. The van der Waals surface area contributed by atoms with Crippen LogP contribution in [-0.2, 0) is 19.1 Å². The van der Waals surface area contributed by atoms with E-state index in [2.05, 4.69) is 20.4 Å². The molecule has 1 fully saturated rings. The molecule has 0 aromatic heterocycles. The summed E-state index contributed by atoms with van der Waals surface area (Å²) in [5.41, 5.74) is 0. The van der Waals surface area contributed by atoms with Crippen LogP contribution in [0.1, 0.15) is 6.92 Å². The second-order valence-electron chi connectivity index (χ2n) is 3.16. The second kappa shape index (κ2) is 6.80. The molecule has 98 valence electrons. The maximum atomic E-state index is 11.4. The lowest BCUT2D eigenvalue weighted by atomic mass is 10.4. The van der Waals surface area contributed by atoms with Gasteiger partial charge in [0.15, 0.2) is 5.17 Å². The number of esters is 1. The molecule has 1 saturated heterocycles. The van der Waals surface area contributed by atoms with Crippen LogP contribution in [0.4, 0.5) is 0 Å². The number of hydrogen-bond donors (Lipinski definition) is 2. The number of amidine groups is 1. The standard InChI is InChI=1S/C10H13N3O4S/c1-3-11-7(14)5-12-10-13-9(16)6(18-10)4-8(15)17-2/h4H,3,5H2,1-2H3,(H,11,14)(H,12,13,16)/b6-4-. The van der Waals surface area contributed by atoms with Crippen molar-refractivity contribution < 1.29 is 19.1 Å². The lowest BCUT2D eigenvalue weighted by molar-refractivity contribution is -0.135. The van der Waals surface area contributed by atoms with Crippen molar-refractivity contribution in [2.24, 2.45) is 4.99 Å². The fourth-order valence-corrected chi connectivity index (χ4v) is 1.84. The summed E-state index contributed by atoms with van der Waals surface area (Å²) in [7, 11) is 1.22. The van der Waals surface area contributed by atoms with Gasteiger partial charge in [0.1, 0.15) is 6.54 Å². The molecule has 0 aromatic rings. The van der Waals surface area contributed by atoms with E-state index in [1.165, 1.54) is 7.11 Å². The number of hydrogen-bond acceptors (Lipinski definition) is 6. The Kier molecular flexibility index (Phi) is 5.37. The third kappa shape index (κ3) is 4.21. The molecule has 0 atom stereocenters. The molecule has 0 unspecified atom stereocenters. The van der Waals surface area contributed by atoms with Crippen LogP contribution in [0, 0.1) is 0 Å². The third-order valence-corrected chi connectivity index (χ3v) is 2.79. The first kappa shape index (κ1) is 14.2. The van der Waals surface area contributed by atoms with Crippen LogP contribution in [0.3, 0.4) is 0 Å². The highest BCUT2D eigenvalue weighted by molar-refractivity contribution is 8.18. The fourth-order valence-electron chi connectivity index (χ4n) is 1.06. The monoisotopic (exact) mass is 271 g/mol. The van der Waals surface area contributed by atoms with E-state index in [9.17, 15) is 14.4 Å². The Morgan fingerprint density at radius 2 is 2.28 bits per heavy atom. The maximum absolute atomic E-state index is 11.4. The lowest BCUT2D eigenvalue weighted by Crippen LogP contribution is -2.27. The van der Waals surface area contributed by atoms with E-state index in [1.54, 1.807) is 6.92 Å². The Labute approximate surface area is 108 Å². The maximum Gasteiger partial charge on any atom is 0.331 e. The molecular weight excluding hydrogens is 258 g/mol. The summed E-state index contributed by atoms with van der Waals surface area (Å²) in [4.78, 5) is 37.7. The highest BCUT2D eigenvalue weighted by Gasteiger charge is 2.24. The number of carbonyl (C=O) groups excluding carboxylic acids is 3. The predicted molar refractivity (Wildman–Crippen MR) is 66.8 cm³/mol. The van der Waals surface area contributed by atoms with Crippen molar-refractivity contribution in [3.63, 3.8) is 0 Å². The van der Waals surface area contributed by atoms with Gasteiger partial charge in [0, 0.05) is 12.6 Å². The zero-order valence-corrected chi connectivity index (χ0v) is 10.8. The largest absolute Gasteiger partial charge is 0.466 e. The minimum absolute atomic E-state index is 0.0675. The van der Waals surface area contributed by atoms with E-state index in [4.69, 9.17) is 0 Å². The van der Waals surface area contributed by atoms with Gasteiger partial charge < -0.3 is 15.4 Å². The number of amides is 2. The molecule has 8 heteroatoms. The molecule has 1 rings (SSSR count). The Hall–Kier alpha value is -1.83. The van der Waals surface area contributed by atoms with Crippen LogP contribution in [0.2, 0.25) is 0 Å². The first-order valence-electron chi connectivity index (χ1n) is 5.16. The zero-order valence-electron chi connectivity index (χ0n) is 9.98. The number of rotatable bonds is 4. The Bertz CT molecular complexity index is 431. The van der Waals surface area contributed by atoms with E-state index in [0.717, 1.165) is 17.8 Å². The average Bonchev–Trinajstić information content (AvgIpc) is 2.68. The normalized spacial score (nSPS) is 18.9. The van der Waals surface area contributed by atoms with E-state index in [1.807, 2.05) is 0 Å². The van der Waals surface area contributed by atoms with Gasteiger partial charge in [-0.1, -0.05) is 0 Å². The molecule has 18 heavy (non-hydrogen) atoms. The van der Waals surface area contributed by atoms with Gasteiger partial charge in [0.25, 0.3) is 5.91 Å². The van der Waals surface area contributed by atoms with Gasteiger partial charge in [-0.15, -0.1) is 0 Å². The summed E-state index contributed by atoms with van der Waals surface area (Å²) in [6.45, 7) is 2.26. The van der Waals surface area contributed by atoms with Crippen LogP contribution < -0.4 is 10.6 Å². The van der Waals surface area contributed by atoms with Gasteiger partial charge >= 0.3 is 5.97 Å². The van der Waals surface area contributed by atoms with Crippen molar-refractivity contribution in [2.45, 2.75) is 6.92 Å². The Morgan fingerprint density at radius 1 is 1.56 bits per heavy atom. The topological polar surface area (TPSA) is 96.9 Å². The molecule has 1 heterocycles. The summed E-state index contributed by atoms with van der Waals surface area (Å²) < 4.78 is 4.41. The van der Waals surface area contributed by atoms with Gasteiger partial charge in [-0.25, -0.2) is 4.79 Å². The Morgan fingerprint density at radius 3 is 2.89 bits per heavy atom. The molecule has 0 bridgehead atoms. The zero-order chi connectivity index (χ0) is 13.5. The van der Waals surface area contributed by atoms with Gasteiger partial charge in [0.2, 0.25) is 5.91 Å². The summed E-state index contributed by atoms with van der Waals surface area (Å²) in [6, 6.07) is 0. The lowest BCUT2D eigenvalue weighted by Gasteiger charge is -1.98. The van der Waals surface area contributed by atoms with Crippen LogP contribution >= 0.6 is 11.8 Å². The quantitative estimate of drug-likeness (QED) is 0.525. The number of aliphatic imine (C=N–C) groups is 1. The number of thioether (sulfide) groups is 1. The fraction of sp³-hybridized carbons (Fsp3) is 0.400. The molecule has 2 N–H and O–H groups in total. The van der Waals surface area contributed by atoms with Gasteiger partial charge in [-0.2, -0.15) is 0 Å². The molecule has 0 saturated carbocycles. The van der Waals surface area contributed by atoms with E-state index in [0.29, 0.717) is 11.7 Å². The van der Waals surface area contributed by atoms with Crippen LogP contribution in [0.15, 0.2) is 16.0 Å². The first-order valence-corrected chi connectivity index (χ1v) is 5.98. The molecule has 0 radical (unpaired) electrons. The summed E-state index contributed by atoms with van der Waals surface area (Å²) in [6.07, 6.45) is 1.08. The SMILES string of the molecule is CCNC(=O)CN=C1NC(=O)/C(=C/C(=O)OC)S1. The highest BCUT2D eigenvalue weighted by Crippen LogP contribution is 2.23. The minimum atomic E-state index is -0.613. The molecule has 1 aliphatic rings. The molecule has 0 aromatic carbocycles. The van der Waals surface area contributed by atoms with Crippen molar-refractivity contribution in [3.8, 4) is 0 Å². The average molecular weight is 271 g/mol. The van der Waals surface area contributed by atoms with Crippen LogP contribution in [-0.4, -0.2) is 43.2 Å². The van der Waals surface area contributed by atoms with Gasteiger partial charge in [-0.05, 0) is 18.7 Å². The molecule has 1 aliphatic heterocycles. The molecule has 0 spiro atoms. The second-order valence-corrected chi connectivity index (χ2v) is 4.19. The van der Waals surface area contributed by atoms with Crippen LogP contribution in [0.5, 0.6) is 0 Å². The van der Waals surface area contributed by atoms with Crippen molar-refractivity contribution in [1.29, 1.82) is 0 Å². The molecule has 7 nitrogen and oxygen atoms in total. The highest BCUT2D eigenvalue weighted by atomic mass is 32.2. The Balaban J connectivity index is 2.61.